The van der Waals surface area contributed by atoms with Crippen LogP contribution in [0.2, 0.25) is 0 Å². The highest BCUT2D eigenvalue weighted by Crippen LogP contribution is 2.39. The van der Waals surface area contributed by atoms with Crippen LogP contribution >= 0.6 is 0 Å². The monoisotopic (exact) mass is 625 g/mol. The first-order valence-electron chi connectivity index (χ1n) is 16.4. The Hall–Kier alpha value is -6.65. The molecule has 228 valence electrons. The summed E-state index contributed by atoms with van der Waals surface area (Å²) in [5.74, 6) is 1.79. The van der Waals surface area contributed by atoms with Crippen LogP contribution in [0.3, 0.4) is 0 Å². The average Bonchev–Trinajstić information content (AvgIpc) is 3.57. The van der Waals surface area contributed by atoms with E-state index in [1.165, 1.54) is 37.9 Å². The van der Waals surface area contributed by atoms with E-state index in [2.05, 4.69) is 127 Å². The van der Waals surface area contributed by atoms with Gasteiger partial charge in [0.05, 0.1) is 5.56 Å². The number of para-hydroxylation sites is 2. The fourth-order valence-corrected chi connectivity index (χ4v) is 7.17. The Labute approximate surface area is 282 Å². The van der Waals surface area contributed by atoms with Crippen molar-refractivity contribution in [2.75, 3.05) is 0 Å². The second kappa shape index (κ2) is 11.0. The fraction of sp³-hybridized carbons (Fsp3) is 0. The lowest BCUT2D eigenvalue weighted by molar-refractivity contribution is 0.669. The number of aromatic nitrogens is 3. The molecular formula is C45H27N3O. The molecule has 0 N–H and O–H groups in total. The van der Waals surface area contributed by atoms with Crippen molar-refractivity contribution in [2.45, 2.75) is 0 Å². The van der Waals surface area contributed by atoms with Crippen LogP contribution in [0.4, 0.5) is 0 Å². The van der Waals surface area contributed by atoms with Crippen LogP contribution in [0.25, 0.3) is 99.5 Å². The molecule has 8 aromatic carbocycles. The van der Waals surface area contributed by atoms with Gasteiger partial charge in [-0.2, -0.15) is 0 Å². The number of nitrogens with zero attached hydrogens (tertiary/aromatic N) is 3. The lowest BCUT2D eigenvalue weighted by atomic mass is 9.93. The summed E-state index contributed by atoms with van der Waals surface area (Å²) in [6, 6.07) is 56.9. The smallest absolute Gasteiger partial charge is 0.167 e. The van der Waals surface area contributed by atoms with Gasteiger partial charge in [-0.3, -0.25) is 0 Å². The molecule has 0 bridgehead atoms. The van der Waals surface area contributed by atoms with Gasteiger partial charge >= 0.3 is 0 Å². The zero-order valence-electron chi connectivity index (χ0n) is 26.3. The molecule has 10 aromatic rings. The van der Waals surface area contributed by atoms with Crippen LogP contribution in [-0.4, -0.2) is 15.0 Å². The summed E-state index contributed by atoms with van der Waals surface area (Å²) in [6.45, 7) is 0. The van der Waals surface area contributed by atoms with Crippen LogP contribution in [0.1, 0.15) is 0 Å². The normalized spacial score (nSPS) is 11.7. The van der Waals surface area contributed by atoms with Gasteiger partial charge in [-0.25, -0.2) is 15.0 Å². The van der Waals surface area contributed by atoms with Crippen molar-refractivity contribution in [3.8, 4) is 45.3 Å². The van der Waals surface area contributed by atoms with Crippen LogP contribution < -0.4 is 0 Å². The van der Waals surface area contributed by atoms with E-state index in [1.54, 1.807) is 0 Å². The molecule has 0 aliphatic carbocycles. The fourth-order valence-electron chi connectivity index (χ4n) is 7.17. The largest absolute Gasteiger partial charge is 0.455 e. The quantitative estimate of drug-likeness (QED) is 0.183. The summed E-state index contributed by atoms with van der Waals surface area (Å²) in [7, 11) is 0. The SMILES string of the molecule is c1ccc(-c2ccc(-c3nc(-c4ccc5c6ccccc6c6ccccc6c5c4)nc(-c4cccc5c4oc4ccccc45)n3)cc2)cc1. The Balaban J connectivity index is 1.21. The molecule has 0 fully saturated rings. The number of hydrogen-bond acceptors (Lipinski definition) is 4. The average molecular weight is 626 g/mol. The van der Waals surface area contributed by atoms with Crippen molar-refractivity contribution < 1.29 is 4.42 Å². The van der Waals surface area contributed by atoms with Crippen LogP contribution in [0, 0.1) is 0 Å². The predicted molar refractivity (Wildman–Crippen MR) is 201 cm³/mol. The third kappa shape index (κ3) is 4.49. The molecule has 49 heavy (non-hydrogen) atoms. The van der Waals surface area contributed by atoms with E-state index < -0.39 is 0 Å². The van der Waals surface area contributed by atoms with E-state index in [0.717, 1.165) is 44.2 Å². The summed E-state index contributed by atoms with van der Waals surface area (Å²) in [6.07, 6.45) is 0. The second-order valence-electron chi connectivity index (χ2n) is 12.4. The zero-order valence-corrected chi connectivity index (χ0v) is 26.3. The number of furan rings is 1. The Bertz CT molecular complexity index is 2840. The first-order chi connectivity index (χ1) is 24.3. The van der Waals surface area contributed by atoms with Crippen molar-refractivity contribution in [1.82, 2.24) is 15.0 Å². The van der Waals surface area contributed by atoms with Gasteiger partial charge in [-0.15, -0.1) is 0 Å². The Morgan fingerprint density at radius 2 is 0.796 bits per heavy atom. The van der Waals surface area contributed by atoms with Gasteiger partial charge < -0.3 is 4.42 Å². The Morgan fingerprint density at radius 3 is 1.51 bits per heavy atom. The summed E-state index contributed by atoms with van der Waals surface area (Å²) in [4.78, 5) is 15.4. The molecule has 0 spiro atoms. The zero-order chi connectivity index (χ0) is 32.3. The highest BCUT2D eigenvalue weighted by atomic mass is 16.3. The minimum atomic E-state index is 0.570. The van der Waals surface area contributed by atoms with E-state index >= 15 is 0 Å². The lowest BCUT2D eigenvalue weighted by Crippen LogP contribution is -2.00. The minimum Gasteiger partial charge on any atom is -0.455 e. The minimum absolute atomic E-state index is 0.570. The van der Waals surface area contributed by atoms with Crippen LogP contribution in [0.5, 0.6) is 0 Å². The molecule has 4 heteroatoms. The Kier molecular flexibility index (Phi) is 6.15. The summed E-state index contributed by atoms with van der Waals surface area (Å²) in [5, 5.41) is 9.40. The van der Waals surface area contributed by atoms with Gasteiger partial charge in [0.1, 0.15) is 11.2 Å². The second-order valence-corrected chi connectivity index (χ2v) is 12.4. The lowest BCUT2D eigenvalue weighted by Gasteiger charge is -2.13. The summed E-state index contributed by atoms with van der Waals surface area (Å²) in [5.41, 5.74) is 6.58. The topological polar surface area (TPSA) is 51.8 Å². The maximum Gasteiger partial charge on any atom is 0.167 e. The van der Waals surface area contributed by atoms with Crippen molar-refractivity contribution >= 4 is 54.3 Å². The van der Waals surface area contributed by atoms with Gasteiger partial charge in [-0.1, -0.05) is 146 Å². The van der Waals surface area contributed by atoms with Crippen molar-refractivity contribution in [3.63, 3.8) is 0 Å². The van der Waals surface area contributed by atoms with Gasteiger partial charge in [0, 0.05) is 21.9 Å². The van der Waals surface area contributed by atoms with E-state index in [-0.39, 0.29) is 0 Å². The van der Waals surface area contributed by atoms with E-state index in [4.69, 9.17) is 19.4 Å². The first-order valence-corrected chi connectivity index (χ1v) is 16.4. The van der Waals surface area contributed by atoms with E-state index in [9.17, 15) is 0 Å². The molecule has 4 nitrogen and oxygen atoms in total. The molecule has 0 aliphatic heterocycles. The number of rotatable bonds is 4. The number of benzene rings is 8. The summed E-state index contributed by atoms with van der Waals surface area (Å²) >= 11 is 0. The van der Waals surface area contributed by atoms with Crippen molar-refractivity contribution in [3.05, 3.63) is 164 Å². The molecule has 0 atom stereocenters. The van der Waals surface area contributed by atoms with Crippen molar-refractivity contribution in [1.29, 1.82) is 0 Å². The number of fused-ring (bicyclic) bond motifs is 9. The highest BCUT2D eigenvalue weighted by Gasteiger charge is 2.18. The van der Waals surface area contributed by atoms with E-state index in [1.807, 2.05) is 36.4 Å². The predicted octanol–water partition coefficient (Wildman–Crippen LogP) is 11.9. The summed E-state index contributed by atoms with van der Waals surface area (Å²) < 4.78 is 6.44. The van der Waals surface area contributed by atoms with Gasteiger partial charge in [-0.05, 0) is 61.6 Å². The third-order valence-electron chi connectivity index (χ3n) is 9.53. The molecule has 2 heterocycles. The standard InChI is InChI=1S/C45H27N3O/c1-2-11-28(12-3-1)29-21-23-30(24-22-29)43-46-44(48-45(47-43)39-19-10-18-38-37-17-8-9-20-41(37)49-42(38)39)31-25-26-36-34-15-5-4-13-32(34)33-14-6-7-16-35(33)40(36)27-31/h1-27H. The molecular weight excluding hydrogens is 599 g/mol. The number of hydrogen-bond donors (Lipinski definition) is 0. The molecule has 0 unspecified atom stereocenters. The van der Waals surface area contributed by atoms with Crippen LogP contribution in [0.15, 0.2) is 168 Å². The molecule has 0 saturated heterocycles. The Morgan fingerprint density at radius 1 is 0.306 bits per heavy atom. The van der Waals surface area contributed by atoms with Gasteiger partial charge in [0.2, 0.25) is 0 Å². The molecule has 10 rings (SSSR count). The first kappa shape index (κ1) is 27.5. The molecule has 0 radical (unpaired) electrons. The molecule has 0 aliphatic rings. The van der Waals surface area contributed by atoms with Gasteiger partial charge in [0.15, 0.2) is 17.5 Å². The highest BCUT2D eigenvalue weighted by molar-refractivity contribution is 6.25. The van der Waals surface area contributed by atoms with Crippen LogP contribution in [-0.2, 0) is 0 Å². The van der Waals surface area contributed by atoms with Crippen molar-refractivity contribution in [2.24, 2.45) is 0 Å². The maximum atomic E-state index is 6.44. The molecule has 0 amide bonds. The third-order valence-corrected chi connectivity index (χ3v) is 9.53. The maximum absolute atomic E-state index is 6.44. The molecule has 2 aromatic heterocycles. The van der Waals surface area contributed by atoms with E-state index in [0.29, 0.717) is 17.5 Å². The molecule has 0 saturated carbocycles. The van der Waals surface area contributed by atoms with Gasteiger partial charge in [0.25, 0.3) is 0 Å².